The van der Waals surface area contributed by atoms with Crippen molar-refractivity contribution in [2.24, 2.45) is 0 Å². The molecular formula is C20H20F3NO. The molecule has 1 unspecified atom stereocenters. The second-order valence-electron chi connectivity index (χ2n) is 7.39. The maximum atomic E-state index is 14.1. The van der Waals surface area contributed by atoms with E-state index in [-0.39, 0.29) is 16.9 Å². The number of hydrogen-bond acceptors (Lipinski definition) is 1. The molecule has 0 saturated heterocycles. The number of hydrogen-bond donors (Lipinski definition) is 1. The van der Waals surface area contributed by atoms with Crippen LogP contribution in [-0.2, 0) is 5.41 Å². The highest BCUT2D eigenvalue weighted by Crippen LogP contribution is 2.48. The quantitative estimate of drug-likeness (QED) is 0.719. The number of aryl methyl sites for hydroxylation is 1. The van der Waals surface area contributed by atoms with Crippen molar-refractivity contribution in [2.75, 3.05) is 5.32 Å². The van der Waals surface area contributed by atoms with Gasteiger partial charge >= 0.3 is 0 Å². The van der Waals surface area contributed by atoms with Crippen LogP contribution in [0.25, 0.3) is 0 Å². The fraction of sp³-hybridized carbons (Fsp3) is 0.350. The topological polar surface area (TPSA) is 29.1 Å². The number of halogens is 3. The van der Waals surface area contributed by atoms with Crippen molar-refractivity contribution in [3.05, 3.63) is 64.0 Å². The van der Waals surface area contributed by atoms with Crippen LogP contribution in [0.1, 0.15) is 60.2 Å². The SMILES string of the molecule is Cc1cc(F)c(F)c(F)c1C(=O)Nc1cccc2c1C(C)CC2(C)C. The van der Waals surface area contributed by atoms with Gasteiger partial charge in [-0.3, -0.25) is 4.79 Å². The molecule has 0 fully saturated rings. The number of rotatable bonds is 2. The lowest BCUT2D eigenvalue weighted by molar-refractivity contribution is 0.102. The van der Waals surface area contributed by atoms with Crippen LogP contribution in [0.15, 0.2) is 24.3 Å². The Kier molecular flexibility index (Phi) is 4.13. The molecule has 1 N–H and O–H groups in total. The molecule has 5 heteroatoms. The number of carbonyl (C=O) groups excluding carboxylic acids is 1. The molecule has 1 aliphatic carbocycles. The number of anilines is 1. The predicted octanol–water partition coefficient (Wildman–Crippen LogP) is 5.45. The third-order valence-electron chi connectivity index (χ3n) is 4.98. The van der Waals surface area contributed by atoms with Crippen LogP contribution in [0, 0.1) is 24.4 Å². The normalized spacial score (nSPS) is 18.1. The third-order valence-corrected chi connectivity index (χ3v) is 4.98. The van der Waals surface area contributed by atoms with Gasteiger partial charge in [0, 0.05) is 5.69 Å². The molecule has 1 amide bonds. The second kappa shape index (κ2) is 5.90. The second-order valence-corrected chi connectivity index (χ2v) is 7.39. The summed E-state index contributed by atoms with van der Waals surface area (Å²) >= 11 is 0. The largest absolute Gasteiger partial charge is 0.322 e. The van der Waals surface area contributed by atoms with E-state index in [9.17, 15) is 18.0 Å². The number of fused-ring (bicyclic) bond motifs is 1. The first-order valence-corrected chi connectivity index (χ1v) is 8.22. The molecule has 25 heavy (non-hydrogen) atoms. The maximum Gasteiger partial charge on any atom is 0.259 e. The summed E-state index contributed by atoms with van der Waals surface area (Å²) in [6, 6.07) is 6.44. The average Bonchev–Trinajstić information content (AvgIpc) is 2.75. The van der Waals surface area contributed by atoms with Crippen molar-refractivity contribution in [2.45, 2.75) is 45.4 Å². The summed E-state index contributed by atoms with van der Waals surface area (Å²) in [6.45, 7) is 7.73. The van der Waals surface area contributed by atoms with Gasteiger partial charge in [0.1, 0.15) is 0 Å². The zero-order chi connectivity index (χ0) is 18.5. The Morgan fingerprint density at radius 3 is 2.56 bits per heavy atom. The summed E-state index contributed by atoms with van der Waals surface area (Å²) in [5.74, 6) is -4.95. The van der Waals surface area contributed by atoms with Gasteiger partial charge in [-0.1, -0.05) is 32.9 Å². The highest BCUT2D eigenvalue weighted by Gasteiger charge is 2.36. The van der Waals surface area contributed by atoms with E-state index in [1.165, 1.54) is 6.92 Å². The summed E-state index contributed by atoms with van der Waals surface area (Å²) in [5, 5.41) is 2.69. The molecule has 0 aromatic heterocycles. The Hall–Kier alpha value is -2.30. The fourth-order valence-electron chi connectivity index (χ4n) is 3.95. The number of amides is 1. The summed E-state index contributed by atoms with van der Waals surface area (Å²) in [4.78, 5) is 12.5. The van der Waals surface area contributed by atoms with E-state index in [2.05, 4.69) is 26.1 Å². The Balaban J connectivity index is 2.02. The molecule has 0 saturated carbocycles. The van der Waals surface area contributed by atoms with Gasteiger partial charge in [0.2, 0.25) is 0 Å². The van der Waals surface area contributed by atoms with Gasteiger partial charge < -0.3 is 5.32 Å². The van der Waals surface area contributed by atoms with E-state index in [0.717, 1.165) is 23.6 Å². The van der Waals surface area contributed by atoms with Crippen LogP contribution >= 0.6 is 0 Å². The Labute approximate surface area is 145 Å². The number of carbonyl (C=O) groups is 1. The van der Waals surface area contributed by atoms with Crippen molar-refractivity contribution in [1.29, 1.82) is 0 Å². The monoisotopic (exact) mass is 347 g/mol. The molecule has 3 rings (SSSR count). The van der Waals surface area contributed by atoms with Gasteiger partial charge in [0.15, 0.2) is 17.5 Å². The lowest BCUT2D eigenvalue weighted by Crippen LogP contribution is -2.18. The average molecular weight is 347 g/mol. The van der Waals surface area contributed by atoms with Crippen LogP contribution < -0.4 is 5.32 Å². The standard InChI is InChI=1S/C20H20F3NO/c1-10-8-13(21)17(22)18(23)16(10)19(25)24-14-7-5-6-12-15(14)11(2)9-20(12,3)4/h5-8,11H,9H2,1-4H3,(H,24,25). The number of benzene rings is 2. The highest BCUT2D eigenvalue weighted by atomic mass is 19.2. The molecule has 0 radical (unpaired) electrons. The summed E-state index contributed by atoms with van der Waals surface area (Å²) < 4.78 is 40.9. The van der Waals surface area contributed by atoms with Crippen LogP contribution in [0.4, 0.5) is 18.9 Å². The lowest BCUT2D eigenvalue weighted by atomic mass is 9.86. The van der Waals surface area contributed by atoms with E-state index >= 15 is 0 Å². The first-order valence-electron chi connectivity index (χ1n) is 8.22. The van der Waals surface area contributed by atoms with Crippen LogP contribution in [0.3, 0.4) is 0 Å². The molecule has 0 heterocycles. The first-order chi connectivity index (χ1) is 11.6. The molecule has 0 bridgehead atoms. The number of nitrogens with one attached hydrogen (secondary N) is 1. The molecule has 2 nitrogen and oxygen atoms in total. The van der Waals surface area contributed by atoms with Crippen LogP contribution in [0.5, 0.6) is 0 Å². The Morgan fingerprint density at radius 2 is 1.88 bits per heavy atom. The van der Waals surface area contributed by atoms with E-state index in [4.69, 9.17) is 0 Å². The van der Waals surface area contributed by atoms with E-state index in [0.29, 0.717) is 5.69 Å². The smallest absolute Gasteiger partial charge is 0.259 e. The van der Waals surface area contributed by atoms with Gasteiger partial charge in [-0.2, -0.15) is 0 Å². The van der Waals surface area contributed by atoms with Gasteiger partial charge in [0.05, 0.1) is 5.56 Å². The minimum absolute atomic E-state index is 0.0152. The van der Waals surface area contributed by atoms with Crippen LogP contribution in [-0.4, -0.2) is 5.91 Å². The zero-order valence-electron chi connectivity index (χ0n) is 14.6. The van der Waals surface area contributed by atoms with Crippen molar-refractivity contribution < 1.29 is 18.0 Å². The maximum absolute atomic E-state index is 14.1. The van der Waals surface area contributed by atoms with E-state index < -0.39 is 28.9 Å². The lowest BCUT2D eigenvalue weighted by Gasteiger charge is -2.19. The highest BCUT2D eigenvalue weighted by molar-refractivity contribution is 6.06. The molecule has 1 aliphatic rings. The molecule has 0 spiro atoms. The minimum atomic E-state index is -1.64. The van der Waals surface area contributed by atoms with Gasteiger partial charge in [-0.25, -0.2) is 13.2 Å². The summed E-state index contributed by atoms with van der Waals surface area (Å²) in [7, 11) is 0. The van der Waals surface area contributed by atoms with Gasteiger partial charge in [0.25, 0.3) is 5.91 Å². The van der Waals surface area contributed by atoms with Crippen molar-refractivity contribution in [3.8, 4) is 0 Å². The van der Waals surface area contributed by atoms with Crippen molar-refractivity contribution in [1.82, 2.24) is 0 Å². The minimum Gasteiger partial charge on any atom is -0.322 e. The Bertz CT molecular complexity index is 874. The van der Waals surface area contributed by atoms with Crippen molar-refractivity contribution in [3.63, 3.8) is 0 Å². The molecule has 2 aromatic carbocycles. The van der Waals surface area contributed by atoms with Crippen molar-refractivity contribution >= 4 is 11.6 Å². The third kappa shape index (κ3) is 2.81. The first kappa shape index (κ1) is 17.5. The molecule has 1 atom stereocenters. The summed E-state index contributed by atoms with van der Waals surface area (Å²) in [5.41, 5.74) is 2.31. The van der Waals surface area contributed by atoms with Gasteiger partial charge in [-0.05, 0) is 53.5 Å². The van der Waals surface area contributed by atoms with Crippen LogP contribution in [0.2, 0.25) is 0 Å². The van der Waals surface area contributed by atoms with E-state index in [1.807, 2.05) is 12.1 Å². The molecular weight excluding hydrogens is 327 g/mol. The fourth-order valence-corrected chi connectivity index (χ4v) is 3.95. The summed E-state index contributed by atoms with van der Waals surface area (Å²) in [6.07, 6.45) is 0.938. The Morgan fingerprint density at radius 1 is 1.20 bits per heavy atom. The van der Waals surface area contributed by atoms with E-state index in [1.54, 1.807) is 6.07 Å². The molecule has 0 aliphatic heterocycles. The zero-order valence-corrected chi connectivity index (χ0v) is 14.6. The molecule has 2 aromatic rings. The van der Waals surface area contributed by atoms with Gasteiger partial charge in [-0.15, -0.1) is 0 Å². The molecule has 132 valence electrons. The predicted molar refractivity (Wildman–Crippen MR) is 91.5 cm³/mol.